The third kappa shape index (κ3) is 5.66. The Morgan fingerprint density at radius 1 is 1.23 bits per heavy atom. The SMILES string of the molecule is COc1c(OC[C@@H](O)CN[C@@H](C)c2ccccc2)ccc2c3n(c(=NC(=O)c4cnc(N)nc4)nc12)CCN3. The molecule has 12 heteroatoms. The number of benzene rings is 2. The van der Waals surface area contributed by atoms with Crippen molar-refractivity contribution in [2.24, 2.45) is 4.99 Å². The van der Waals surface area contributed by atoms with Crippen LogP contribution in [0.2, 0.25) is 0 Å². The number of aromatic nitrogens is 4. The van der Waals surface area contributed by atoms with Gasteiger partial charge in [0.25, 0.3) is 5.91 Å². The Bertz CT molecular complexity index is 1540. The van der Waals surface area contributed by atoms with Crippen LogP contribution in [0.3, 0.4) is 0 Å². The van der Waals surface area contributed by atoms with E-state index >= 15 is 0 Å². The zero-order valence-electron chi connectivity index (χ0n) is 21.7. The van der Waals surface area contributed by atoms with Gasteiger partial charge in [-0.25, -0.2) is 15.0 Å². The first-order chi connectivity index (χ1) is 18.9. The summed E-state index contributed by atoms with van der Waals surface area (Å²) in [6, 6.07) is 13.7. The zero-order valence-corrected chi connectivity index (χ0v) is 21.7. The summed E-state index contributed by atoms with van der Waals surface area (Å²) >= 11 is 0. The van der Waals surface area contributed by atoms with Crippen LogP contribution < -0.4 is 31.5 Å². The molecule has 1 aliphatic rings. The molecule has 0 fully saturated rings. The summed E-state index contributed by atoms with van der Waals surface area (Å²) in [5.74, 6) is 1.08. The number of rotatable bonds is 9. The summed E-state index contributed by atoms with van der Waals surface area (Å²) < 4.78 is 13.5. The molecule has 0 unspecified atom stereocenters. The molecule has 5 rings (SSSR count). The number of fused-ring (bicyclic) bond motifs is 3. The highest BCUT2D eigenvalue weighted by molar-refractivity contribution is 5.96. The molecule has 3 heterocycles. The molecule has 0 aliphatic carbocycles. The van der Waals surface area contributed by atoms with Crippen molar-refractivity contribution in [1.82, 2.24) is 24.8 Å². The summed E-state index contributed by atoms with van der Waals surface area (Å²) in [4.78, 5) is 29.4. The predicted molar refractivity (Wildman–Crippen MR) is 145 cm³/mol. The lowest BCUT2D eigenvalue weighted by molar-refractivity contribution is 0.0995. The second-order valence-corrected chi connectivity index (χ2v) is 9.08. The number of carbonyl (C=O) groups excluding carboxylic acids is 1. The van der Waals surface area contributed by atoms with Crippen molar-refractivity contribution in [3.05, 3.63) is 71.6 Å². The van der Waals surface area contributed by atoms with Gasteiger partial charge in [-0.1, -0.05) is 30.3 Å². The predicted octanol–water partition coefficient (Wildman–Crippen LogP) is 1.67. The molecule has 12 nitrogen and oxygen atoms in total. The Hall–Kier alpha value is -4.55. The van der Waals surface area contributed by atoms with E-state index in [1.165, 1.54) is 19.5 Å². The number of nitrogens with one attached hydrogen (secondary N) is 2. The third-order valence-corrected chi connectivity index (χ3v) is 6.42. The molecule has 1 amide bonds. The van der Waals surface area contributed by atoms with E-state index in [1.54, 1.807) is 6.07 Å². The lowest BCUT2D eigenvalue weighted by Gasteiger charge is -2.19. The highest BCUT2D eigenvalue weighted by atomic mass is 16.5. The van der Waals surface area contributed by atoms with E-state index in [9.17, 15) is 9.90 Å². The molecule has 0 saturated heterocycles. The average Bonchev–Trinajstić information content (AvgIpc) is 3.46. The highest BCUT2D eigenvalue weighted by Crippen LogP contribution is 2.37. The molecule has 5 N–H and O–H groups in total. The number of aliphatic hydroxyl groups excluding tert-OH is 1. The topological polar surface area (TPSA) is 162 Å². The smallest absolute Gasteiger partial charge is 0.283 e. The lowest BCUT2D eigenvalue weighted by atomic mass is 10.1. The standard InChI is InChI=1S/C27H30N8O4/c1-16(17-6-4-3-5-7-17)30-14-19(36)15-39-21-9-8-20-22(23(21)38-2)33-27(35-11-10-29-24(20)35)34-25(37)18-12-31-26(28)32-13-18/h3-9,12-13,16,19,29-30,36H,10-11,14-15H2,1-2H3,(H2,28,31,32)/t16-,19-/m0/s1. The van der Waals surface area contributed by atoms with Gasteiger partial charge in [-0.2, -0.15) is 4.99 Å². The normalized spacial score (nSPS) is 14.5. The number of nitrogen functional groups attached to an aromatic ring is 1. The van der Waals surface area contributed by atoms with Crippen molar-refractivity contribution in [2.75, 3.05) is 37.9 Å². The Morgan fingerprint density at radius 2 is 2.00 bits per heavy atom. The Kier molecular flexibility index (Phi) is 7.66. The van der Waals surface area contributed by atoms with Crippen LogP contribution in [0.25, 0.3) is 10.9 Å². The molecule has 202 valence electrons. The number of hydrogen-bond donors (Lipinski definition) is 4. The third-order valence-electron chi connectivity index (χ3n) is 6.42. The van der Waals surface area contributed by atoms with E-state index in [4.69, 9.17) is 15.2 Å². The van der Waals surface area contributed by atoms with E-state index < -0.39 is 12.0 Å². The molecule has 39 heavy (non-hydrogen) atoms. The van der Waals surface area contributed by atoms with E-state index in [0.29, 0.717) is 36.6 Å². The van der Waals surface area contributed by atoms with E-state index in [0.717, 1.165) is 16.8 Å². The van der Waals surface area contributed by atoms with Crippen LogP contribution in [-0.2, 0) is 6.54 Å². The number of amides is 1. The maximum atomic E-state index is 12.8. The number of nitrogens with zero attached hydrogens (tertiary/aromatic N) is 5. The number of methoxy groups -OCH3 is 1. The van der Waals surface area contributed by atoms with Gasteiger partial charge in [0, 0.05) is 43.5 Å². The van der Waals surface area contributed by atoms with Gasteiger partial charge in [-0.05, 0) is 24.6 Å². The monoisotopic (exact) mass is 530 g/mol. The molecular weight excluding hydrogens is 500 g/mol. The second-order valence-electron chi connectivity index (χ2n) is 9.08. The van der Waals surface area contributed by atoms with Gasteiger partial charge in [0.15, 0.2) is 11.5 Å². The molecule has 0 spiro atoms. The van der Waals surface area contributed by atoms with Crippen molar-refractivity contribution in [2.45, 2.75) is 25.6 Å². The summed E-state index contributed by atoms with van der Waals surface area (Å²) in [5, 5.41) is 18.0. The fourth-order valence-electron chi connectivity index (χ4n) is 4.37. The van der Waals surface area contributed by atoms with Gasteiger partial charge in [-0.3, -0.25) is 9.36 Å². The van der Waals surface area contributed by atoms with Crippen LogP contribution in [0.1, 0.15) is 28.9 Å². The Balaban J connectivity index is 1.39. The summed E-state index contributed by atoms with van der Waals surface area (Å²) in [5.41, 5.74) is 7.53. The maximum Gasteiger partial charge on any atom is 0.283 e. The number of carbonyl (C=O) groups is 1. The summed E-state index contributed by atoms with van der Waals surface area (Å²) in [6.45, 7) is 3.67. The fourth-order valence-corrected chi connectivity index (χ4v) is 4.37. The van der Waals surface area contributed by atoms with Crippen molar-refractivity contribution < 1.29 is 19.4 Å². The highest BCUT2D eigenvalue weighted by Gasteiger charge is 2.21. The quantitative estimate of drug-likeness (QED) is 0.250. The number of ether oxygens (including phenoxy) is 2. The van der Waals surface area contributed by atoms with Gasteiger partial charge < -0.3 is 30.9 Å². The van der Waals surface area contributed by atoms with Gasteiger partial charge in [0.05, 0.1) is 12.7 Å². The molecule has 1 aliphatic heterocycles. The van der Waals surface area contributed by atoms with Crippen molar-refractivity contribution in [1.29, 1.82) is 0 Å². The zero-order chi connectivity index (χ0) is 27.4. The van der Waals surface area contributed by atoms with E-state index in [-0.39, 0.29) is 29.8 Å². The molecule has 2 aromatic heterocycles. The lowest BCUT2D eigenvalue weighted by Crippen LogP contribution is -2.33. The Labute approximate surface area is 224 Å². The Morgan fingerprint density at radius 3 is 2.74 bits per heavy atom. The summed E-state index contributed by atoms with van der Waals surface area (Å²) in [7, 11) is 1.52. The minimum atomic E-state index is -0.757. The van der Waals surface area contributed by atoms with Crippen molar-refractivity contribution >= 4 is 28.6 Å². The molecule has 2 aromatic carbocycles. The number of anilines is 2. The van der Waals surface area contributed by atoms with Crippen molar-refractivity contribution in [3.8, 4) is 11.5 Å². The summed E-state index contributed by atoms with van der Waals surface area (Å²) in [6.07, 6.45) is 1.89. The first-order valence-electron chi connectivity index (χ1n) is 12.6. The van der Waals surface area contributed by atoms with Crippen molar-refractivity contribution in [3.63, 3.8) is 0 Å². The average molecular weight is 531 g/mol. The van der Waals surface area contributed by atoms with E-state index in [2.05, 4.69) is 30.6 Å². The molecule has 4 aromatic rings. The van der Waals surface area contributed by atoms with Gasteiger partial charge in [-0.15, -0.1) is 0 Å². The van der Waals surface area contributed by atoms with E-state index in [1.807, 2.05) is 47.9 Å². The van der Waals surface area contributed by atoms with Gasteiger partial charge in [0.2, 0.25) is 11.6 Å². The first kappa shape index (κ1) is 26.1. The van der Waals surface area contributed by atoms with Gasteiger partial charge >= 0.3 is 0 Å². The largest absolute Gasteiger partial charge is 0.491 e. The van der Waals surface area contributed by atoms with Gasteiger partial charge in [0.1, 0.15) is 24.0 Å². The van der Waals surface area contributed by atoms with Crippen LogP contribution in [0, 0.1) is 0 Å². The fraction of sp³-hybridized carbons (Fsp3) is 0.296. The molecule has 0 bridgehead atoms. The van der Waals surface area contributed by atoms with Crippen LogP contribution in [0.4, 0.5) is 11.8 Å². The minimum absolute atomic E-state index is 0.0428. The minimum Gasteiger partial charge on any atom is -0.491 e. The maximum absolute atomic E-state index is 12.8. The number of hydrogen-bond acceptors (Lipinski definition) is 10. The molecule has 0 saturated carbocycles. The second kappa shape index (κ2) is 11.5. The van der Waals surface area contributed by atoms with Crippen LogP contribution in [0.15, 0.2) is 59.9 Å². The molecular formula is C27H30N8O4. The number of aliphatic hydroxyl groups is 1. The number of nitrogens with two attached hydrogens (primary N) is 1. The molecule has 0 radical (unpaired) electrons. The van der Waals surface area contributed by atoms with Crippen LogP contribution in [-0.4, -0.2) is 63.4 Å². The van der Waals surface area contributed by atoms with Crippen LogP contribution >= 0.6 is 0 Å². The van der Waals surface area contributed by atoms with Crippen LogP contribution in [0.5, 0.6) is 11.5 Å². The molecule has 2 atom stereocenters. The first-order valence-corrected chi connectivity index (χ1v) is 12.6.